The number of halogens is 1. The van der Waals surface area contributed by atoms with Crippen molar-refractivity contribution in [2.24, 2.45) is 4.99 Å². The molecule has 0 aromatic heterocycles. The van der Waals surface area contributed by atoms with Gasteiger partial charge in [0.2, 0.25) is 0 Å². The molecule has 0 spiro atoms. The number of nitrogens with zero attached hydrogens (tertiary/aromatic N) is 2. The maximum atomic E-state index is 14.0. The Morgan fingerprint density at radius 1 is 0.923 bits per heavy atom. The summed E-state index contributed by atoms with van der Waals surface area (Å²) in [6, 6.07) is 0.429. The zero-order valence-electron chi connectivity index (χ0n) is 19.7. The molecule has 0 aromatic rings. The number of hydrogen-bond donors (Lipinski definition) is 0. The van der Waals surface area contributed by atoms with E-state index in [1.807, 2.05) is 41.5 Å². The molecule has 0 saturated carbocycles. The fourth-order valence-corrected chi connectivity index (χ4v) is 2.33. The second-order valence-corrected chi connectivity index (χ2v) is 6.03. The molecular formula is C23H47FN2. The summed E-state index contributed by atoms with van der Waals surface area (Å²) in [5.74, 6) is 0.743. The van der Waals surface area contributed by atoms with Gasteiger partial charge in [-0.1, -0.05) is 61.8 Å². The largest absolute Gasteiger partial charge is 0.354 e. The van der Waals surface area contributed by atoms with Crippen LogP contribution in [0.25, 0.3) is 0 Å². The first kappa shape index (κ1) is 29.6. The van der Waals surface area contributed by atoms with Crippen LogP contribution in [0.2, 0.25) is 0 Å². The van der Waals surface area contributed by atoms with Gasteiger partial charge in [-0.15, -0.1) is 0 Å². The lowest BCUT2D eigenvalue weighted by atomic mass is 10.1. The van der Waals surface area contributed by atoms with Gasteiger partial charge < -0.3 is 4.90 Å². The fraction of sp³-hybridized carbons (Fsp3) is 0.783. The summed E-state index contributed by atoms with van der Waals surface area (Å²) < 4.78 is 14.0. The summed E-state index contributed by atoms with van der Waals surface area (Å²) >= 11 is 0. The van der Waals surface area contributed by atoms with Crippen LogP contribution >= 0.6 is 0 Å². The van der Waals surface area contributed by atoms with Crippen LogP contribution in [0.15, 0.2) is 27.8 Å². The molecule has 0 aliphatic heterocycles. The molecule has 0 heterocycles. The molecule has 0 aliphatic rings. The summed E-state index contributed by atoms with van der Waals surface area (Å²) in [7, 11) is 0. The van der Waals surface area contributed by atoms with Crippen molar-refractivity contribution in [1.82, 2.24) is 4.90 Å². The molecule has 156 valence electrons. The van der Waals surface area contributed by atoms with E-state index in [9.17, 15) is 4.39 Å². The van der Waals surface area contributed by atoms with Crippen molar-refractivity contribution in [3.63, 3.8) is 0 Å². The number of aliphatic imine (C=N–C) groups is 1. The first-order valence-electron chi connectivity index (χ1n) is 10.8. The quantitative estimate of drug-likeness (QED) is 0.353. The number of allylic oxidation sites excluding steroid dienone is 3. The van der Waals surface area contributed by atoms with Crippen molar-refractivity contribution in [2.45, 2.75) is 114 Å². The third kappa shape index (κ3) is 12.3. The molecule has 26 heavy (non-hydrogen) atoms. The molecule has 0 fully saturated rings. The van der Waals surface area contributed by atoms with E-state index in [0.29, 0.717) is 12.5 Å². The zero-order chi connectivity index (χ0) is 21.1. The highest BCUT2D eigenvalue weighted by Crippen LogP contribution is 2.21. The molecule has 0 N–H and O–H groups in total. The van der Waals surface area contributed by atoms with Crippen molar-refractivity contribution in [3.05, 3.63) is 22.8 Å². The highest BCUT2D eigenvalue weighted by molar-refractivity contribution is 5.77. The molecule has 2 nitrogen and oxygen atoms in total. The average Bonchev–Trinajstić information content (AvgIpc) is 2.69. The lowest BCUT2D eigenvalue weighted by molar-refractivity contribution is 0.249. The third-order valence-electron chi connectivity index (χ3n) is 4.13. The maximum Gasteiger partial charge on any atom is 0.140 e. The van der Waals surface area contributed by atoms with Gasteiger partial charge in [0.25, 0.3) is 0 Å². The number of hydrogen-bond acceptors (Lipinski definition) is 2. The maximum absolute atomic E-state index is 14.0. The van der Waals surface area contributed by atoms with Crippen molar-refractivity contribution >= 4 is 6.21 Å². The Morgan fingerprint density at radius 3 is 1.81 bits per heavy atom. The minimum absolute atomic E-state index is 0.205. The Balaban J connectivity index is -0.00000123. The molecule has 0 aliphatic carbocycles. The second kappa shape index (κ2) is 20.2. The van der Waals surface area contributed by atoms with Gasteiger partial charge >= 0.3 is 0 Å². The van der Waals surface area contributed by atoms with Gasteiger partial charge in [-0.25, -0.2) is 9.38 Å². The topological polar surface area (TPSA) is 15.6 Å². The first-order valence-corrected chi connectivity index (χ1v) is 10.8. The van der Waals surface area contributed by atoms with Crippen molar-refractivity contribution in [2.75, 3.05) is 6.54 Å². The molecule has 1 unspecified atom stereocenters. The summed E-state index contributed by atoms with van der Waals surface area (Å²) in [5, 5.41) is 0. The lowest BCUT2D eigenvalue weighted by Gasteiger charge is -2.32. The normalized spacial score (nSPS) is 13.7. The van der Waals surface area contributed by atoms with Gasteiger partial charge in [0.05, 0.1) is 6.21 Å². The minimum atomic E-state index is -0.205. The molecule has 1 atom stereocenters. The molecular weight excluding hydrogens is 323 g/mol. The van der Waals surface area contributed by atoms with Crippen LogP contribution in [0.1, 0.15) is 108 Å². The van der Waals surface area contributed by atoms with E-state index < -0.39 is 0 Å². The summed E-state index contributed by atoms with van der Waals surface area (Å²) in [6.45, 7) is 23.6. The van der Waals surface area contributed by atoms with Crippen molar-refractivity contribution < 1.29 is 4.39 Å². The molecule has 0 saturated heterocycles. The average molecular weight is 371 g/mol. The molecule has 0 aromatic carbocycles. The van der Waals surface area contributed by atoms with Gasteiger partial charge in [-0.3, -0.25) is 0 Å². The van der Waals surface area contributed by atoms with E-state index in [-0.39, 0.29) is 5.83 Å². The van der Waals surface area contributed by atoms with Crippen LogP contribution in [0.4, 0.5) is 4.39 Å². The van der Waals surface area contributed by atoms with Gasteiger partial charge in [-0.2, -0.15) is 0 Å². The molecule has 3 heteroatoms. The van der Waals surface area contributed by atoms with Crippen LogP contribution in [0.5, 0.6) is 0 Å². The van der Waals surface area contributed by atoms with Crippen molar-refractivity contribution in [3.8, 4) is 0 Å². The van der Waals surface area contributed by atoms with Gasteiger partial charge in [0.15, 0.2) is 0 Å². The van der Waals surface area contributed by atoms with Crippen LogP contribution in [-0.4, -0.2) is 23.7 Å². The zero-order valence-corrected chi connectivity index (χ0v) is 19.7. The Bertz CT molecular complexity index is 408. The number of rotatable bonds is 10. The lowest BCUT2D eigenvalue weighted by Crippen LogP contribution is -2.33. The molecule has 0 amide bonds. The van der Waals surface area contributed by atoms with Gasteiger partial charge in [-0.05, 0) is 57.6 Å². The van der Waals surface area contributed by atoms with Crippen LogP contribution in [-0.2, 0) is 0 Å². The molecule has 0 rings (SSSR count). The third-order valence-corrected chi connectivity index (χ3v) is 4.13. The van der Waals surface area contributed by atoms with Crippen LogP contribution < -0.4 is 0 Å². The van der Waals surface area contributed by atoms with Crippen molar-refractivity contribution in [1.29, 1.82) is 0 Å². The van der Waals surface area contributed by atoms with E-state index in [0.717, 1.165) is 43.6 Å². The molecule has 0 bridgehead atoms. The Morgan fingerprint density at radius 2 is 1.42 bits per heavy atom. The van der Waals surface area contributed by atoms with E-state index in [1.165, 1.54) is 11.8 Å². The summed E-state index contributed by atoms with van der Waals surface area (Å²) in [6.07, 6.45) is 6.39. The van der Waals surface area contributed by atoms with Crippen LogP contribution in [0.3, 0.4) is 0 Å². The minimum Gasteiger partial charge on any atom is -0.354 e. The van der Waals surface area contributed by atoms with Crippen LogP contribution in [0, 0.1) is 0 Å². The summed E-state index contributed by atoms with van der Waals surface area (Å²) in [5.41, 5.74) is 1.97. The smallest absolute Gasteiger partial charge is 0.140 e. The standard InChI is InChI=1S/C19H35FN2.2C2H6/c1-8-12-17(7)22(13-9-2)19(16(6)11-4)21-14-18(20)15(5)10-3;2*1-2/h14,17H,8-13H2,1-7H3;2*1-2H3/b18-15-,19-16-,21-14-;;. The predicted molar refractivity (Wildman–Crippen MR) is 120 cm³/mol. The van der Waals surface area contributed by atoms with Gasteiger partial charge in [0, 0.05) is 12.6 Å². The first-order chi connectivity index (χ1) is 12.4. The Kier molecular flexibility index (Phi) is 23.0. The Hall–Kier alpha value is -1.12. The predicted octanol–water partition coefficient (Wildman–Crippen LogP) is 8.31. The highest BCUT2D eigenvalue weighted by Gasteiger charge is 2.16. The van der Waals surface area contributed by atoms with E-state index >= 15 is 0 Å². The van der Waals surface area contributed by atoms with E-state index in [2.05, 4.69) is 44.5 Å². The fourth-order valence-electron chi connectivity index (χ4n) is 2.33. The monoisotopic (exact) mass is 370 g/mol. The second-order valence-electron chi connectivity index (χ2n) is 6.03. The van der Waals surface area contributed by atoms with E-state index in [1.54, 1.807) is 0 Å². The molecule has 0 radical (unpaired) electrons. The Labute approximate surface area is 164 Å². The SMILES string of the molecule is CC.CC.CCCC(C)N(CCC)C(/N=C\C(F)=C(/C)CC)=C(/C)CC. The summed E-state index contributed by atoms with van der Waals surface area (Å²) in [4.78, 5) is 6.87. The highest BCUT2D eigenvalue weighted by atomic mass is 19.1. The van der Waals surface area contributed by atoms with Gasteiger partial charge in [0.1, 0.15) is 11.6 Å². The van der Waals surface area contributed by atoms with E-state index in [4.69, 9.17) is 0 Å².